The number of nitrogens with two attached hydrogens (primary N) is 1. The molecular formula is C41H74NO10P. The summed E-state index contributed by atoms with van der Waals surface area (Å²) in [5.74, 6) is -2.40. The Bertz CT molecular complexity index is 1050. The van der Waals surface area contributed by atoms with Crippen molar-refractivity contribution in [3.63, 3.8) is 0 Å². The van der Waals surface area contributed by atoms with E-state index in [0.717, 1.165) is 77.0 Å². The molecule has 0 aromatic carbocycles. The molecule has 0 spiro atoms. The number of ether oxygens (including phenoxy) is 2. The number of carboxylic acid groups (broad SMARTS) is 1. The van der Waals surface area contributed by atoms with Crippen LogP contribution < -0.4 is 5.73 Å². The summed E-state index contributed by atoms with van der Waals surface area (Å²) in [5.41, 5.74) is 5.32. The van der Waals surface area contributed by atoms with Crippen LogP contribution in [0, 0.1) is 0 Å². The summed E-state index contributed by atoms with van der Waals surface area (Å²) >= 11 is 0. The fourth-order valence-electron chi connectivity index (χ4n) is 5.32. The monoisotopic (exact) mass is 772 g/mol. The lowest BCUT2D eigenvalue weighted by atomic mass is 10.1. The maximum atomic E-state index is 12.6. The van der Waals surface area contributed by atoms with E-state index in [9.17, 15) is 23.8 Å². The van der Waals surface area contributed by atoms with Crippen molar-refractivity contribution < 1.29 is 47.5 Å². The van der Waals surface area contributed by atoms with Crippen LogP contribution in [0.4, 0.5) is 0 Å². The topological polar surface area (TPSA) is 172 Å². The van der Waals surface area contributed by atoms with Gasteiger partial charge < -0.3 is 25.2 Å². The number of aliphatic carboxylic acids is 1. The van der Waals surface area contributed by atoms with Crippen LogP contribution in [0.25, 0.3) is 0 Å². The van der Waals surface area contributed by atoms with Gasteiger partial charge in [-0.1, -0.05) is 127 Å². The number of hydrogen-bond acceptors (Lipinski definition) is 9. The van der Waals surface area contributed by atoms with Gasteiger partial charge in [0.2, 0.25) is 0 Å². The van der Waals surface area contributed by atoms with Crippen LogP contribution in [-0.4, -0.2) is 59.9 Å². The van der Waals surface area contributed by atoms with Gasteiger partial charge in [-0.15, -0.1) is 0 Å². The first-order valence-corrected chi connectivity index (χ1v) is 22.0. The van der Waals surface area contributed by atoms with Crippen LogP contribution in [0.3, 0.4) is 0 Å². The summed E-state index contributed by atoms with van der Waals surface area (Å²) in [5, 5.41) is 8.87. The molecule has 0 aromatic heterocycles. The molecule has 11 nitrogen and oxygen atoms in total. The molecule has 0 aliphatic carbocycles. The van der Waals surface area contributed by atoms with Crippen molar-refractivity contribution in [2.24, 2.45) is 5.73 Å². The van der Waals surface area contributed by atoms with Crippen molar-refractivity contribution in [1.82, 2.24) is 0 Å². The maximum Gasteiger partial charge on any atom is 0.472 e. The lowest BCUT2D eigenvalue weighted by molar-refractivity contribution is -0.161. The quantitative estimate of drug-likeness (QED) is 0.0236. The Hall–Kier alpha value is -2.30. The highest BCUT2D eigenvalue weighted by atomic mass is 31.2. The van der Waals surface area contributed by atoms with Gasteiger partial charge in [-0.3, -0.25) is 23.4 Å². The Labute approximate surface area is 321 Å². The molecule has 0 bridgehead atoms. The van der Waals surface area contributed by atoms with E-state index in [1.165, 1.54) is 57.8 Å². The number of carbonyl (C=O) groups excluding carboxylic acids is 2. The predicted molar refractivity (Wildman–Crippen MR) is 212 cm³/mol. The van der Waals surface area contributed by atoms with Gasteiger partial charge in [-0.25, -0.2) is 4.57 Å². The minimum atomic E-state index is -4.71. The van der Waals surface area contributed by atoms with Gasteiger partial charge in [-0.05, 0) is 70.6 Å². The zero-order valence-electron chi connectivity index (χ0n) is 33.1. The van der Waals surface area contributed by atoms with Crippen LogP contribution in [0.1, 0.15) is 174 Å². The molecule has 0 fully saturated rings. The highest BCUT2D eigenvalue weighted by Gasteiger charge is 2.28. The van der Waals surface area contributed by atoms with Gasteiger partial charge in [0.05, 0.1) is 13.2 Å². The second-order valence-corrected chi connectivity index (χ2v) is 15.2. The second kappa shape index (κ2) is 36.7. The maximum absolute atomic E-state index is 12.6. The fourth-order valence-corrected chi connectivity index (χ4v) is 6.10. The molecule has 0 amide bonds. The van der Waals surface area contributed by atoms with Crippen molar-refractivity contribution in [2.45, 2.75) is 187 Å². The largest absolute Gasteiger partial charge is 0.480 e. The number of carbonyl (C=O) groups is 3. The molecule has 0 rings (SSSR count). The summed E-state index contributed by atoms with van der Waals surface area (Å²) in [6.07, 6.45) is 37.8. The molecule has 3 unspecified atom stereocenters. The van der Waals surface area contributed by atoms with Crippen molar-refractivity contribution in [3.05, 3.63) is 36.5 Å². The van der Waals surface area contributed by atoms with E-state index in [0.29, 0.717) is 12.8 Å². The van der Waals surface area contributed by atoms with E-state index < -0.39 is 51.1 Å². The number of phosphoric ester groups is 1. The number of phosphoric acid groups is 1. The smallest absolute Gasteiger partial charge is 0.472 e. The number of rotatable bonds is 38. The normalized spacial score (nSPS) is 14.2. The van der Waals surface area contributed by atoms with Gasteiger partial charge in [0.1, 0.15) is 12.6 Å². The van der Waals surface area contributed by atoms with Gasteiger partial charge in [0, 0.05) is 12.8 Å². The van der Waals surface area contributed by atoms with Crippen molar-refractivity contribution in [1.29, 1.82) is 0 Å². The second-order valence-electron chi connectivity index (χ2n) is 13.8. The van der Waals surface area contributed by atoms with Gasteiger partial charge in [0.25, 0.3) is 0 Å². The third-order valence-corrected chi connectivity index (χ3v) is 9.56. The van der Waals surface area contributed by atoms with Crippen molar-refractivity contribution in [3.8, 4) is 0 Å². The van der Waals surface area contributed by atoms with Crippen LogP contribution in [-0.2, 0) is 37.5 Å². The zero-order valence-corrected chi connectivity index (χ0v) is 34.0. The van der Waals surface area contributed by atoms with E-state index in [1.807, 2.05) is 0 Å². The van der Waals surface area contributed by atoms with Crippen LogP contribution in [0.15, 0.2) is 36.5 Å². The number of hydrogen-bond donors (Lipinski definition) is 3. The predicted octanol–water partition coefficient (Wildman–Crippen LogP) is 10.4. The summed E-state index contributed by atoms with van der Waals surface area (Å²) in [4.78, 5) is 45.8. The highest BCUT2D eigenvalue weighted by Crippen LogP contribution is 2.43. The summed E-state index contributed by atoms with van der Waals surface area (Å²) in [6, 6.07) is -1.52. The number of unbranched alkanes of at least 4 members (excludes halogenated alkanes) is 18. The zero-order chi connectivity index (χ0) is 39.3. The summed E-state index contributed by atoms with van der Waals surface area (Å²) < 4.78 is 32.6. The average molecular weight is 772 g/mol. The van der Waals surface area contributed by atoms with E-state index in [4.69, 9.17) is 24.8 Å². The third-order valence-electron chi connectivity index (χ3n) is 8.61. The number of carboxylic acids is 1. The molecule has 0 saturated heterocycles. The molecule has 0 aromatic rings. The number of esters is 2. The Morgan fingerprint density at radius 2 is 1.00 bits per heavy atom. The third kappa shape index (κ3) is 36.4. The van der Waals surface area contributed by atoms with Crippen molar-refractivity contribution >= 4 is 25.7 Å². The Kier molecular flexibility index (Phi) is 35.1. The molecule has 4 N–H and O–H groups in total. The molecule has 0 saturated carbocycles. The lowest BCUT2D eigenvalue weighted by Crippen LogP contribution is -2.34. The highest BCUT2D eigenvalue weighted by molar-refractivity contribution is 7.47. The van der Waals surface area contributed by atoms with Gasteiger partial charge >= 0.3 is 25.7 Å². The Morgan fingerprint density at radius 3 is 1.49 bits per heavy atom. The number of allylic oxidation sites excluding steroid dienone is 6. The van der Waals surface area contributed by atoms with Crippen LogP contribution in [0.2, 0.25) is 0 Å². The molecule has 3 atom stereocenters. The molecule has 0 aliphatic heterocycles. The Morgan fingerprint density at radius 1 is 0.585 bits per heavy atom. The minimum absolute atomic E-state index is 0.150. The molecule has 308 valence electrons. The van der Waals surface area contributed by atoms with E-state index in [-0.39, 0.29) is 19.4 Å². The molecule has 12 heteroatoms. The molecule has 0 radical (unpaired) electrons. The Balaban J connectivity index is 4.41. The van der Waals surface area contributed by atoms with Gasteiger partial charge in [-0.2, -0.15) is 0 Å². The van der Waals surface area contributed by atoms with E-state index in [1.54, 1.807) is 0 Å². The van der Waals surface area contributed by atoms with E-state index in [2.05, 4.69) is 54.8 Å². The average Bonchev–Trinajstić information content (AvgIpc) is 3.13. The van der Waals surface area contributed by atoms with Crippen molar-refractivity contribution in [2.75, 3.05) is 19.8 Å². The molecule has 0 heterocycles. The lowest BCUT2D eigenvalue weighted by Gasteiger charge is -2.20. The first kappa shape index (κ1) is 50.7. The molecule has 53 heavy (non-hydrogen) atoms. The summed E-state index contributed by atoms with van der Waals surface area (Å²) in [7, 11) is -4.71. The first-order chi connectivity index (χ1) is 25.6. The molecule has 0 aliphatic rings. The standard InChI is InChI=1S/C41H74NO10P/c1-3-5-7-9-11-13-15-17-18-19-20-21-23-25-27-29-31-33-40(44)52-37(35-50-53(47,48)51-36-38(42)41(45)46)34-49-39(43)32-30-28-26-24-22-16-14-12-10-8-6-4-2/h11-14,17-18,37-38H,3-10,15-16,19-36,42H2,1-2H3,(H,45,46)(H,47,48)/b13-11-,14-12-,18-17-. The molecular weight excluding hydrogens is 697 g/mol. The fraction of sp³-hybridized carbons (Fsp3) is 0.780. The van der Waals surface area contributed by atoms with Crippen LogP contribution >= 0.6 is 7.82 Å². The van der Waals surface area contributed by atoms with Gasteiger partial charge in [0.15, 0.2) is 6.10 Å². The first-order valence-electron chi connectivity index (χ1n) is 20.5. The summed E-state index contributed by atoms with van der Waals surface area (Å²) in [6.45, 7) is 2.72. The van der Waals surface area contributed by atoms with E-state index >= 15 is 0 Å². The minimum Gasteiger partial charge on any atom is -0.480 e. The SMILES string of the molecule is CCCCC/C=C\C/C=C\CCCCCCCCCC(=O)OC(COC(=O)CCCCCCC/C=C\CCCCC)COP(=O)(O)OCC(N)C(=O)O. The van der Waals surface area contributed by atoms with Crippen LogP contribution in [0.5, 0.6) is 0 Å².